The maximum absolute atomic E-state index is 5.28. The van der Waals surface area contributed by atoms with Crippen molar-refractivity contribution in [3.8, 4) is 34.0 Å². The van der Waals surface area contributed by atoms with Crippen LogP contribution in [0.2, 0.25) is 0 Å². The molecule has 4 rings (SSSR count). The molecule has 5 nitrogen and oxygen atoms in total. The van der Waals surface area contributed by atoms with Crippen LogP contribution in [-0.4, -0.2) is 29.2 Å². The lowest BCUT2D eigenvalue weighted by Gasteiger charge is -2.06. The van der Waals surface area contributed by atoms with Gasteiger partial charge in [-0.25, -0.2) is 4.98 Å². The molecule has 0 aliphatic carbocycles. The third-order valence-electron chi connectivity index (χ3n) is 4.29. The van der Waals surface area contributed by atoms with Gasteiger partial charge in [0.05, 0.1) is 25.6 Å². The Morgan fingerprint density at radius 1 is 0.750 bits per heavy atom. The molecule has 28 heavy (non-hydrogen) atoms. The lowest BCUT2D eigenvalue weighted by Crippen LogP contribution is -1.87. The van der Waals surface area contributed by atoms with Gasteiger partial charge in [0.25, 0.3) is 0 Å². The lowest BCUT2D eigenvalue weighted by molar-refractivity contribution is 0.414. The molecule has 0 atom stereocenters. The van der Waals surface area contributed by atoms with Crippen LogP contribution in [0.25, 0.3) is 22.5 Å². The molecule has 0 radical (unpaired) electrons. The summed E-state index contributed by atoms with van der Waals surface area (Å²) in [7, 11) is 3.33. The van der Waals surface area contributed by atoms with Crippen LogP contribution in [0.3, 0.4) is 0 Å². The number of H-pyrrole nitrogens is 1. The summed E-state index contributed by atoms with van der Waals surface area (Å²) in [5.41, 5.74) is 3.92. The van der Waals surface area contributed by atoms with Crippen molar-refractivity contribution in [1.82, 2.24) is 15.0 Å². The number of ether oxygens (including phenoxy) is 2. The molecule has 0 spiro atoms. The van der Waals surface area contributed by atoms with E-state index in [4.69, 9.17) is 14.5 Å². The van der Waals surface area contributed by atoms with Crippen LogP contribution >= 0.6 is 11.8 Å². The van der Waals surface area contributed by atoms with Crippen LogP contribution < -0.4 is 9.47 Å². The van der Waals surface area contributed by atoms with Gasteiger partial charge in [0.2, 0.25) is 0 Å². The molecule has 0 aliphatic heterocycles. The number of hydrogen-bond acceptors (Lipinski definition) is 5. The molecular weight excluding hydrogens is 370 g/mol. The third-order valence-corrected chi connectivity index (χ3v) is 5.18. The van der Waals surface area contributed by atoms with Crippen LogP contribution in [0.15, 0.2) is 83.1 Å². The van der Waals surface area contributed by atoms with E-state index < -0.39 is 0 Å². The summed E-state index contributed by atoms with van der Waals surface area (Å²) in [6.45, 7) is 0. The zero-order valence-electron chi connectivity index (χ0n) is 15.5. The Morgan fingerprint density at radius 2 is 1.32 bits per heavy atom. The molecule has 4 aromatic rings. The summed E-state index contributed by atoms with van der Waals surface area (Å²) < 4.78 is 10.6. The molecule has 0 bridgehead atoms. The summed E-state index contributed by atoms with van der Waals surface area (Å²) >= 11 is 1.57. The topological polar surface area (TPSA) is 60.0 Å². The van der Waals surface area contributed by atoms with Gasteiger partial charge in [-0.3, -0.25) is 4.98 Å². The fraction of sp³-hybridized carbons (Fsp3) is 0.0909. The lowest BCUT2D eigenvalue weighted by atomic mass is 10.0. The van der Waals surface area contributed by atoms with Crippen molar-refractivity contribution in [3.63, 3.8) is 0 Å². The van der Waals surface area contributed by atoms with Gasteiger partial charge in [0.15, 0.2) is 5.16 Å². The Kier molecular flexibility index (Phi) is 5.30. The second-order valence-electron chi connectivity index (χ2n) is 6.01. The molecule has 0 aliphatic rings. The van der Waals surface area contributed by atoms with Crippen LogP contribution in [-0.2, 0) is 0 Å². The van der Waals surface area contributed by atoms with Gasteiger partial charge in [-0.2, -0.15) is 0 Å². The fourth-order valence-corrected chi connectivity index (χ4v) is 3.61. The minimum atomic E-state index is 0.816. The average Bonchev–Trinajstić information content (AvgIpc) is 3.18. The molecule has 2 heterocycles. The first-order chi connectivity index (χ1) is 13.8. The standard InChI is InChI=1S/C22H19N3O2S/c1-26-17-7-3-15(4-8-17)20-21(16-5-9-18(27-2)10-6-16)25-22(24-20)28-19-11-13-23-14-12-19/h3-14H,1-2H3,(H,24,25). The van der Waals surface area contributed by atoms with Gasteiger partial charge in [-0.05, 0) is 60.7 Å². The van der Waals surface area contributed by atoms with E-state index in [9.17, 15) is 0 Å². The first kappa shape index (κ1) is 18.1. The molecule has 2 aromatic heterocycles. The van der Waals surface area contributed by atoms with Gasteiger partial charge >= 0.3 is 0 Å². The van der Waals surface area contributed by atoms with Crippen molar-refractivity contribution in [2.45, 2.75) is 10.1 Å². The minimum Gasteiger partial charge on any atom is -0.497 e. The van der Waals surface area contributed by atoms with E-state index in [0.29, 0.717) is 0 Å². The van der Waals surface area contributed by atoms with E-state index in [0.717, 1.165) is 44.1 Å². The van der Waals surface area contributed by atoms with Crippen LogP contribution in [0.4, 0.5) is 0 Å². The highest BCUT2D eigenvalue weighted by atomic mass is 32.2. The SMILES string of the molecule is COc1ccc(-c2nc(Sc3ccncc3)[nH]c2-c2ccc(OC)cc2)cc1. The maximum atomic E-state index is 5.28. The number of aromatic nitrogens is 3. The summed E-state index contributed by atoms with van der Waals surface area (Å²) in [5, 5.41) is 0.822. The van der Waals surface area contributed by atoms with E-state index in [1.54, 1.807) is 38.4 Å². The summed E-state index contributed by atoms with van der Waals surface area (Å²) in [6, 6.07) is 19.8. The van der Waals surface area contributed by atoms with E-state index in [1.165, 1.54) is 0 Å². The summed E-state index contributed by atoms with van der Waals surface area (Å²) in [4.78, 5) is 13.5. The van der Waals surface area contributed by atoms with E-state index in [2.05, 4.69) is 9.97 Å². The number of nitrogens with zero attached hydrogens (tertiary/aromatic N) is 2. The molecule has 0 saturated heterocycles. The van der Waals surface area contributed by atoms with Crippen molar-refractivity contribution in [3.05, 3.63) is 73.1 Å². The predicted molar refractivity (Wildman–Crippen MR) is 111 cm³/mol. The van der Waals surface area contributed by atoms with E-state index in [1.807, 2.05) is 60.7 Å². The number of benzene rings is 2. The number of imidazole rings is 1. The number of pyridine rings is 1. The van der Waals surface area contributed by atoms with E-state index >= 15 is 0 Å². The van der Waals surface area contributed by atoms with Gasteiger partial charge in [-0.1, -0.05) is 11.8 Å². The predicted octanol–water partition coefficient (Wildman–Crippen LogP) is 5.31. The molecule has 140 valence electrons. The Hall–Kier alpha value is -3.25. The monoisotopic (exact) mass is 389 g/mol. The van der Waals surface area contributed by atoms with Crippen LogP contribution in [0.1, 0.15) is 0 Å². The van der Waals surface area contributed by atoms with Crippen molar-refractivity contribution < 1.29 is 9.47 Å². The highest BCUT2D eigenvalue weighted by molar-refractivity contribution is 7.99. The molecule has 2 aromatic carbocycles. The second-order valence-corrected chi connectivity index (χ2v) is 7.07. The van der Waals surface area contributed by atoms with Gasteiger partial charge in [-0.15, -0.1) is 0 Å². The fourth-order valence-electron chi connectivity index (χ4n) is 2.84. The number of nitrogens with one attached hydrogen (secondary N) is 1. The molecule has 0 amide bonds. The Bertz CT molecular complexity index is 981. The largest absolute Gasteiger partial charge is 0.497 e. The third kappa shape index (κ3) is 3.87. The number of rotatable bonds is 6. The Balaban J connectivity index is 1.76. The molecule has 1 N–H and O–H groups in total. The van der Waals surface area contributed by atoms with Crippen molar-refractivity contribution in [1.29, 1.82) is 0 Å². The summed E-state index contributed by atoms with van der Waals surface area (Å²) in [5.74, 6) is 1.64. The normalized spacial score (nSPS) is 10.6. The van der Waals surface area contributed by atoms with Gasteiger partial charge in [0.1, 0.15) is 11.5 Å². The maximum Gasteiger partial charge on any atom is 0.171 e. The minimum absolute atomic E-state index is 0.816. The average molecular weight is 389 g/mol. The molecular formula is C22H19N3O2S. The zero-order valence-corrected chi connectivity index (χ0v) is 16.4. The molecule has 0 unspecified atom stereocenters. The van der Waals surface area contributed by atoms with Crippen molar-refractivity contribution >= 4 is 11.8 Å². The molecule has 0 fully saturated rings. The quantitative estimate of drug-likeness (QED) is 0.484. The zero-order chi connectivity index (χ0) is 19.3. The number of methoxy groups -OCH3 is 2. The van der Waals surface area contributed by atoms with E-state index in [-0.39, 0.29) is 0 Å². The Morgan fingerprint density at radius 3 is 1.89 bits per heavy atom. The first-order valence-electron chi connectivity index (χ1n) is 8.73. The second kappa shape index (κ2) is 8.19. The summed E-state index contributed by atoms with van der Waals surface area (Å²) in [6.07, 6.45) is 3.56. The van der Waals surface area contributed by atoms with Crippen molar-refractivity contribution in [2.75, 3.05) is 14.2 Å². The smallest absolute Gasteiger partial charge is 0.171 e. The highest BCUT2D eigenvalue weighted by Crippen LogP contribution is 2.35. The van der Waals surface area contributed by atoms with Crippen molar-refractivity contribution in [2.24, 2.45) is 0 Å². The van der Waals surface area contributed by atoms with Crippen LogP contribution in [0.5, 0.6) is 11.5 Å². The molecule has 0 saturated carbocycles. The number of aromatic amines is 1. The Labute approximate surface area is 167 Å². The highest BCUT2D eigenvalue weighted by Gasteiger charge is 2.15. The van der Waals surface area contributed by atoms with Crippen LogP contribution in [0, 0.1) is 0 Å². The van der Waals surface area contributed by atoms with Gasteiger partial charge < -0.3 is 14.5 Å². The first-order valence-corrected chi connectivity index (χ1v) is 9.55. The molecule has 6 heteroatoms. The number of hydrogen-bond donors (Lipinski definition) is 1. The van der Waals surface area contributed by atoms with Gasteiger partial charge in [0, 0.05) is 28.4 Å².